The minimum absolute atomic E-state index is 0.137. The van der Waals surface area contributed by atoms with Crippen LogP contribution in [0.2, 0.25) is 0 Å². The van der Waals surface area contributed by atoms with E-state index in [0.717, 1.165) is 49.3 Å². The minimum atomic E-state index is -0.179. The average molecular weight is 275 g/mol. The fourth-order valence-corrected chi connectivity index (χ4v) is 3.78. The zero-order valence-electron chi connectivity index (χ0n) is 12.1. The average Bonchev–Trinajstić information content (AvgIpc) is 2.98. The number of carbonyl (C=O) groups excluding carboxylic acids is 1. The summed E-state index contributed by atoms with van der Waals surface area (Å²) in [5.41, 5.74) is 2.09. The summed E-state index contributed by atoms with van der Waals surface area (Å²) in [5, 5.41) is 3.41. The van der Waals surface area contributed by atoms with Gasteiger partial charge in [-0.2, -0.15) is 0 Å². The highest BCUT2D eigenvalue weighted by Crippen LogP contribution is 2.52. The number of allylic oxidation sites excluding steroid dienone is 4. The molecule has 1 heterocycles. The van der Waals surface area contributed by atoms with Gasteiger partial charge in [0.1, 0.15) is 5.76 Å². The lowest BCUT2D eigenvalue weighted by Crippen LogP contribution is -2.36. The summed E-state index contributed by atoms with van der Waals surface area (Å²) >= 11 is 0. The Balaban J connectivity index is 1.92. The largest absolute Gasteiger partial charge is 0.497 e. The van der Waals surface area contributed by atoms with Crippen LogP contribution in [0.15, 0.2) is 35.3 Å². The number of esters is 1. The molecule has 0 unspecified atom stereocenters. The summed E-state index contributed by atoms with van der Waals surface area (Å²) < 4.78 is 10.2. The molecular formula is C16H21NO3. The maximum Gasteiger partial charge on any atom is 0.335 e. The number of nitrogens with one attached hydrogen (secondary N) is 1. The summed E-state index contributed by atoms with van der Waals surface area (Å²) in [6, 6.07) is 0. The maximum absolute atomic E-state index is 11.9. The van der Waals surface area contributed by atoms with Crippen molar-refractivity contribution >= 4 is 5.97 Å². The number of carbonyl (C=O) groups is 1. The van der Waals surface area contributed by atoms with E-state index < -0.39 is 0 Å². The molecule has 3 rings (SSSR count). The molecule has 3 aliphatic rings. The van der Waals surface area contributed by atoms with E-state index in [4.69, 9.17) is 9.47 Å². The number of rotatable bonds is 2. The Labute approximate surface area is 119 Å². The maximum atomic E-state index is 11.9. The van der Waals surface area contributed by atoms with Gasteiger partial charge in [-0.1, -0.05) is 6.08 Å². The van der Waals surface area contributed by atoms with Gasteiger partial charge in [-0.25, -0.2) is 4.79 Å². The third-order valence-corrected chi connectivity index (χ3v) is 4.89. The zero-order chi connectivity index (χ0) is 14.2. The zero-order valence-corrected chi connectivity index (χ0v) is 12.1. The second-order valence-corrected chi connectivity index (χ2v) is 5.73. The van der Waals surface area contributed by atoms with E-state index in [1.54, 1.807) is 7.11 Å². The number of hydrogen-bond acceptors (Lipinski definition) is 4. The Morgan fingerprint density at radius 1 is 1.45 bits per heavy atom. The molecule has 0 aromatic rings. The van der Waals surface area contributed by atoms with E-state index >= 15 is 0 Å². The van der Waals surface area contributed by atoms with Crippen molar-refractivity contribution in [3.8, 4) is 0 Å². The molecule has 0 radical (unpaired) electrons. The van der Waals surface area contributed by atoms with Crippen LogP contribution in [0.5, 0.6) is 0 Å². The van der Waals surface area contributed by atoms with Crippen molar-refractivity contribution in [2.75, 3.05) is 20.8 Å². The first-order valence-electron chi connectivity index (χ1n) is 7.19. The van der Waals surface area contributed by atoms with Crippen LogP contribution in [-0.4, -0.2) is 26.7 Å². The van der Waals surface area contributed by atoms with E-state index in [1.165, 1.54) is 7.11 Å². The molecule has 108 valence electrons. The van der Waals surface area contributed by atoms with E-state index in [9.17, 15) is 4.79 Å². The molecule has 1 aliphatic heterocycles. The van der Waals surface area contributed by atoms with Crippen molar-refractivity contribution in [3.05, 3.63) is 35.3 Å². The minimum Gasteiger partial charge on any atom is -0.497 e. The van der Waals surface area contributed by atoms with Crippen molar-refractivity contribution in [1.29, 1.82) is 0 Å². The smallest absolute Gasteiger partial charge is 0.335 e. The highest BCUT2D eigenvalue weighted by atomic mass is 16.5. The monoisotopic (exact) mass is 275 g/mol. The second kappa shape index (κ2) is 5.00. The first kappa shape index (κ1) is 13.3. The van der Waals surface area contributed by atoms with Gasteiger partial charge in [0.05, 0.1) is 19.8 Å². The van der Waals surface area contributed by atoms with Crippen LogP contribution in [-0.2, 0) is 14.3 Å². The second-order valence-electron chi connectivity index (χ2n) is 5.73. The molecule has 1 fully saturated rings. The molecule has 4 nitrogen and oxygen atoms in total. The van der Waals surface area contributed by atoms with E-state index in [-0.39, 0.29) is 11.4 Å². The molecule has 0 aromatic carbocycles. The molecule has 1 saturated heterocycles. The fraction of sp³-hybridized carbons (Fsp3) is 0.562. The van der Waals surface area contributed by atoms with Crippen LogP contribution in [0.3, 0.4) is 0 Å². The van der Waals surface area contributed by atoms with Gasteiger partial charge in [-0.05, 0) is 37.8 Å². The quantitative estimate of drug-likeness (QED) is 0.786. The SMILES string of the molecule is COC(=O)C1=C2NCC[C@H]2[C@]2(C=CC(OC)=CC2)CC1. The highest BCUT2D eigenvalue weighted by molar-refractivity contribution is 5.89. The number of hydrogen-bond donors (Lipinski definition) is 1. The third kappa shape index (κ3) is 1.94. The van der Waals surface area contributed by atoms with Crippen molar-refractivity contribution in [2.45, 2.75) is 25.7 Å². The fourth-order valence-electron chi connectivity index (χ4n) is 3.78. The standard InChI is InChI=1S/C16H21NO3/c1-19-11-3-7-16(8-4-11)9-5-12(15(18)20-2)14-13(16)6-10-17-14/h3-4,7,13,17H,5-6,8-10H2,1-2H3/t13-,16+/m1/s1. The topological polar surface area (TPSA) is 47.6 Å². The Morgan fingerprint density at radius 2 is 2.30 bits per heavy atom. The summed E-state index contributed by atoms with van der Waals surface area (Å²) in [6.07, 6.45) is 10.4. The molecule has 0 bridgehead atoms. The van der Waals surface area contributed by atoms with Gasteiger partial charge in [0.2, 0.25) is 0 Å². The Kier molecular flexibility index (Phi) is 3.32. The van der Waals surface area contributed by atoms with Gasteiger partial charge in [-0.3, -0.25) is 0 Å². The van der Waals surface area contributed by atoms with Crippen molar-refractivity contribution < 1.29 is 14.3 Å². The molecule has 0 aromatic heterocycles. The van der Waals surface area contributed by atoms with Gasteiger partial charge in [0.25, 0.3) is 0 Å². The molecule has 1 spiro atoms. The summed E-state index contributed by atoms with van der Waals surface area (Å²) in [5.74, 6) is 1.16. The highest BCUT2D eigenvalue weighted by Gasteiger charge is 2.46. The molecule has 20 heavy (non-hydrogen) atoms. The summed E-state index contributed by atoms with van der Waals surface area (Å²) in [6.45, 7) is 0.941. The van der Waals surface area contributed by atoms with Gasteiger partial charge >= 0.3 is 5.97 Å². The normalized spacial score (nSPS) is 31.7. The summed E-state index contributed by atoms with van der Waals surface area (Å²) in [7, 11) is 3.16. The predicted molar refractivity (Wildman–Crippen MR) is 75.7 cm³/mol. The molecule has 4 heteroatoms. The Morgan fingerprint density at radius 3 is 2.95 bits per heavy atom. The van der Waals surface area contributed by atoms with E-state index in [0.29, 0.717) is 5.92 Å². The van der Waals surface area contributed by atoms with Crippen LogP contribution in [0.4, 0.5) is 0 Å². The molecule has 2 aliphatic carbocycles. The first-order valence-corrected chi connectivity index (χ1v) is 7.19. The van der Waals surface area contributed by atoms with Gasteiger partial charge in [0.15, 0.2) is 0 Å². The Bertz CT molecular complexity index is 518. The van der Waals surface area contributed by atoms with Gasteiger partial charge in [-0.15, -0.1) is 0 Å². The third-order valence-electron chi connectivity index (χ3n) is 4.89. The van der Waals surface area contributed by atoms with Gasteiger partial charge < -0.3 is 14.8 Å². The number of ether oxygens (including phenoxy) is 2. The molecule has 1 N–H and O–H groups in total. The predicted octanol–water partition coefficient (Wildman–Crippen LogP) is 2.29. The van der Waals surface area contributed by atoms with Gasteiger partial charge in [0, 0.05) is 23.6 Å². The lowest BCUT2D eigenvalue weighted by Gasteiger charge is -2.42. The van der Waals surface area contributed by atoms with E-state index in [1.807, 2.05) is 0 Å². The van der Waals surface area contributed by atoms with Crippen LogP contribution < -0.4 is 5.32 Å². The Hall–Kier alpha value is -1.71. The summed E-state index contributed by atoms with van der Waals surface area (Å²) in [4.78, 5) is 11.9. The van der Waals surface area contributed by atoms with E-state index in [2.05, 4.69) is 23.5 Å². The van der Waals surface area contributed by atoms with Crippen molar-refractivity contribution in [2.24, 2.45) is 11.3 Å². The lowest BCUT2D eigenvalue weighted by molar-refractivity contribution is -0.136. The lowest BCUT2D eigenvalue weighted by atomic mass is 9.63. The molecule has 0 saturated carbocycles. The van der Waals surface area contributed by atoms with Crippen LogP contribution in [0.1, 0.15) is 25.7 Å². The molecule has 2 atom stereocenters. The van der Waals surface area contributed by atoms with Crippen molar-refractivity contribution in [1.82, 2.24) is 5.32 Å². The van der Waals surface area contributed by atoms with Crippen LogP contribution in [0, 0.1) is 11.3 Å². The van der Waals surface area contributed by atoms with Crippen LogP contribution >= 0.6 is 0 Å². The van der Waals surface area contributed by atoms with Crippen LogP contribution in [0.25, 0.3) is 0 Å². The molecule has 0 amide bonds. The first-order chi connectivity index (χ1) is 9.70. The number of methoxy groups -OCH3 is 2. The molecular weight excluding hydrogens is 254 g/mol. The van der Waals surface area contributed by atoms with Crippen molar-refractivity contribution in [3.63, 3.8) is 0 Å². The number of fused-ring (bicyclic) bond motifs is 2.